The van der Waals surface area contributed by atoms with Crippen molar-refractivity contribution >= 4 is 5.82 Å². The second-order valence-electron chi connectivity index (χ2n) is 7.56. The fourth-order valence-corrected chi connectivity index (χ4v) is 3.26. The van der Waals surface area contributed by atoms with Crippen molar-refractivity contribution in [3.63, 3.8) is 0 Å². The van der Waals surface area contributed by atoms with E-state index < -0.39 is 17.5 Å². The Hall–Kier alpha value is -2.22. The average Bonchev–Trinajstić information content (AvgIpc) is 2.74. The summed E-state index contributed by atoms with van der Waals surface area (Å²) >= 11 is 0. The van der Waals surface area contributed by atoms with Crippen LogP contribution in [-0.2, 0) is 10.9 Å². The fraction of sp³-hybridized carbons (Fsp3) is 0.500. The van der Waals surface area contributed by atoms with E-state index in [0.717, 1.165) is 6.07 Å². The highest BCUT2D eigenvalue weighted by Crippen LogP contribution is 2.39. The number of nitrogens with one attached hydrogen (secondary N) is 1. The van der Waals surface area contributed by atoms with E-state index in [1.54, 1.807) is 12.1 Å². The largest absolute Gasteiger partial charge is 0.433 e. The number of pyridine rings is 1. The standard InChI is InChI=1S/C18H21F3N4O/c1-16(2)10-13(17(3,4)26-16)23-14-9-12(18(19,20)21)24-15(25-14)11-5-7-22-8-6-11/h5-9,13H,10H2,1-4H3,(H,23,24,25). The van der Waals surface area contributed by atoms with Crippen LogP contribution in [0.25, 0.3) is 11.4 Å². The third-order valence-corrected chi connectivity index (χ3v) is 4.35. The molecule has 5 nitrogen and oxygen atoms in total. The van der Waals surface area contributed by atoms with Crippen LogP contribution in [0.15, 0.2) is 30.6 Å². The Kier molecular flexibility index (Phi) is 4.42. The van der Waals surface area contributed by atoms with E-state index in [2.05, 4.69) is 20.3 Å². The van der Waals surface area contributed by atoms with Gasteiger partial charge in [-0.3, -0.25) is 4.98 Å². The molecule has 1 unspecified atom stereocenters. The van der Waals surface area contributed by atoms with Gasteiger partial charge in [-0.25, -0.2) is 9.97 Å². The van der Waals surface area contributed by atoms with Crippen molar-refractivity contribution in [2.75, 3.05) is 5.32 Å². The zero-order valence-corrected chi connectivity index (χ0v) is 15.1. The lowest BCUT2D eigenvalue weighted by atomic mass is 9.94. The molecule has 2 aromatic heterocycles. The van der Waals surface area contributed by atoms with E-state index in [4.69, 9.17) is 4.74 Å². The van der Waals surface area contributed by atoms with Gasteiger partial charge in [0.15, 0.2) is 11.5 Å². The average molecular weight is 366 g/mol. The molecule has 1 aliphatic heterocycles. The summed E-state index contributed by atoms with van der Waals surface area (Å²) in [6, 6.07) is 3.90. The van der Waals surface area contributed by atoms with E-state index in [9.17, 15) is 13.2 Å². The molecule has 2 aromatic rings. The summed E-state index contributed by atoms with van der Waals surface area (Å²) in [7, 11) is 0. The van der Waals surface area contributed by atoms with Gasteiger partial charge in [0.05, 0.1) is 17.2 Å². The lowest BCUT2D eigenvalue weighted by Gasteiger charge is -2.28. The molecule has 3 rings (SSSR count). The molecule has 0 spiro atoms. The van der Waals surface area contributed by atoms with Gasteiger partial charge in [-0.15, -0.1) is 0 Å². The third kappa shape index (κ3) is 3.95. The monoisotopic (exact) mass is 366 g/mol. The highest BCUT2D eigenvalue weighted by Gasteiger charge is 2.46. The molecule has 1 aliphatic rings. The molecule has 0 aliphatic carbocycles. The van der Waals surface area contributed by atoms with Crippen LogP contribution in [0.2, 0.25) is 0 Å². The van der Waals surface area contributed by atoms with Gasteiger partial charge in [-0.05, 0) is 46.2 Å². The summed E-state index contributed by atoms with van der Waals surface area (Å²) < 4.78 is 45.9. The van der Waals surface area contributed by atoms with Gasteiger partial charge in [0.2, 0.25) is 0 Å². The van der Waals surface area contributed by atoms with Gasteiger partial charge in [0.1, 0.15) is 5.82 Å². The molecule has 8 heteroatoms. The predicted octanol–water partition coefficient (Wildman–Crippen LogP) is 4.32. The molecule has 0 aromatic carbocycles. The first-order chi connectivity index (χ1) is 12.0. The molecule has 0 amide bonds. The van der Waals surface area contributed by atoms with Crippen molar-refractivity contribution < 1.29 is 17.9 Å². The molecule has 0 bridgehead atoms. The molecule has 0 radical (unpaired) electrons. The summed E-state index contributed by atoms with van der Waals surface area (Å²) in [5.41, 5.74) is -1.42. The Morgan fingerprint density at radius 1 is 1.12 bits per heavy atom. The molecule has 1 saturated heterocycles. The molecule has 3 heterocycles. The SMILES string of the molecule is CC1(C)CC(Nc2cc(C(F)(F)F)nc(-c3ccncc3)n2)C(C)(C)O1. The van der Waals surface area contributed by atoms with Gasteiger partial charge in [0.25, 0.3) is 0 Å². The van der Waals surface area contributed by atoms with Crippen LogP contribution in [0, 0.1) is 0 Å². The summed E-state index contributed by atoms with van der Waals surface area (Å²) in [5.74, 6) is 0.124. The molecule has 1 atom stereocenters. The summed E-state index contributed by atoms with van der Waals surface area (Å²) in [6.07, 6.45) is -0.941. The number of alkyl halides is 3. The number of anilines is 1. The lowest BCUT2D eigenvalue weighted by molar-refractivity contribution is -0.141. The predicted molar refractivity (Wildman–Crippen MR) is 91.5 cm³/mol. The summed E-state index contributed by atoms with van der Waals surface area (Å²) in [6.45, 7) is 7.74. The highest BCUT2D eigenvalue weighted by atomic mass is 19.4. The fourth-order valence-electron chi connectivity index (χ4n) is 3.26. The summed E-state index contributed by atoms with van der Waals surface area (Å²) in [4.78, 5) is 11.8. The van der Waals surface area contributed by atoms with E-state index in [1.165, 1.54) is 12.4 Å². The first-order valence-electron chi connectivity index (χ1n) is 8.30. The van der Waals surface area contributed by atoms with Crippen LogP contribution in [0.4, 0.5) is 19.0 Å². The van der Waals surface area contributed by atoms with E-state index in [0.29, 0.717) is 12.0 Å². The molecule has 26 heavy (non-hydrogen) atoms. The number of hydrogen-bond acceptors (Lipinski definition) is 5. The van der Waals surface area contributed by atoms with E-state index in [1.807, 2.05) is 27.7 Å². The number of ether oxygens (including phenoxy) is 1. The number of nitrogens with zero attached hydrogens (tertiary/aromatic N) is 3. The van der Waals surface area contributed by atoms with Crippen LogP contribution < -0.4 is 5.32 Å². The second-order valence-corrected chi connectivity index (χ2v) is 7.56. The third-order valence-electron chi connectivity index (χ3n) is 4.35. The quantitative estimate of drug-likeness (QED) is 0.877. The van der Waals surface area contributed by atoms with Gasteiger partial charge in [-0.1, -0.05) is 0 Å². The summed E-state index contributed by atoms with van der Waals surface area (Å²) in [5, 5.41) is 3.12. The minimum Gasteiger partial charge on any atom is -0.367 e. The Morgan fingerprint density at radius 3 is 2.31 bits per heavy atom. The van der Waals surface area contributed by atoms with E-state index >= 15 is 0 Å². The van der Waals surface area contributed by atoms with Crippen LogP contribution in [-0.4, -0.2) is 32.2 Å². The smallest absolute Gasteiger partial charge is 0.367 e. The Bertz CT molecular complexity index is 791. The van der Waals surface area contributed by atoms with Crippen molar-refractivity contribution in [1.82, 2.24) is 15.0 Å². The van der Waals surface area contributed by atoms with Crippen LogP contribution >= 0.6 is 0 Å². The highest BCUT2D eigenvalue weighted by molar-refractivity contribution is 5.57. The van der Waals surface area contributed by atoms with Crippen molar-refractivity contribution in [1.29, 1.82) is 0 Å². The Balaban J connectivity index is 1.99. The van der Waals surface area contributed by atoms with Gasteiger partial charge in [0, 0.05) is 24.0 Å². The molecule has 140 valence electrons. The molecular formula is C18H21F3N4O. The maximum Gasteiger partial charge on any atom is 0.433 e. The van der Waals surface area contributed by atoms with Gasteiger partial charge in [-0.2, -0.15) is 13.2 Å². The van der Waals surface area contributed by atoms with Crippen molar-refractivity contribution in [3.05, 3.63) is 36.3 Å². The van der Waals surface area contributed by atoms with Crippen LogP contribution in [0.5, 0.6) is 0 Å². The molecule has 0 saturated carbocycles. The van der Waals surface area contributed by atoms with Crippen molar-refractivity contribution in [2.45, 2.75) is 57.5 Å². The molecular weight excluding hydrogens is 345 g/mol. The topological polar surface area (TPSA) is 59.9 Å². The van der Waals surface area contributed by atoms with Crippen LogP contribution in [0.3, 0.4) is 0 Å². The maximum absolute atomic E-state index is 13.3. The normalized spacial score (nSPS) is 21.6. The number of rotatable bonds is 3. The maximum atomic E-state index is 13.3. The zero-order valence-electron chi connectivity index (χ0n) is 15.1. The van der Waals surface area contributed by atoms with Crippen molar-refractivity contribution in [2.24, 2.45) is 0 Å². The zero-order chi connectivity index (χ0) is 19.2. The van der Waals surface area contributed by atoms with Crippen molar-refractivity contribution in [3.8, 4) is 11.4 Å². The number of aromatic nitrogens is 3. The minimum absolute atomic E-state index is 0.000654. The lowest BCUT2D eigenvalue weighted by Crippen LogP contribution is -2.38. The van der Waals surface area contributed by atoms with Gasteiger partial charge < -0.3 is 10.1 Å². The first-order valence-corrected chi connectivity index (χ1v) is 8.30. The minimum atomic E-state index is -4.57. The molecule has 1 N–H and O–H groups in total. The van der Waals surface area contributed by atoms with E-state index in [-0.39, 0.29) is 23.3 Å². The van der Waals surface area contributed by atoms with Gasteiger partial charge >= 0.3 is 6.18 Å². The Labute approximate surface area is 150 Å². The molecule has 1 fully saturated rings. The number of hydrogen-bond donors (Lipinski definition) is 1. The van der Waals surface area contributed by atoms with Crippen LogP contribution in [0.1, 0.15) is 39.8 Å². The number of halogens is 3. The first kappa shape index (κ1) is 18.6. The Morgan fingerprint density at radius 2 is 1.77 bits per heavy atom. The second kappa shape index (κ2) is 6.19.